The molecule has 21 heavy (non-hydrogen) atoms. The fourth-order valence-corrected chi connectivity index (χ4v) is 3.42. The van der Waals surface area contributed by atoms with Gasteiger partial charge in [-0.25, -0.2) is 4.39 Å². The van der Waals surface area contributed by atoms with E-state index in [9.17, 15) is 14.6 Å². The molecule has 0 fully saturated rings. The molecule has 2 atom stereocenters. The normalized spacial score (nSPS) is 29.1. The van der Waals surface area contributed by atoms with Gasteiger partial charge < -0.3 is 14.9 Å². The Kier molecular flexibility index (Phi) is 2.07. The minimum atomic E-state index is -0.753. The smallest absolute Gasteiger partial charge is 0.205 e. The van der Waals surface area contributed by atoms with E-state index in [2.05, 4.69) is 0 Å². The van der Waals surface area contributed by atoms with Crippen LogP contribution in [-0.4, -0.2) is 14.8 Å². The van der Waals surface area contributed by atoms with Gasteiger partial charge in [0.1, 0.15) is 17.0 Å². The molecule has 4 nitrogen and oxygen atoms in total. The van der Waals surface area contributed by atoms with Gasteiger partial charge in [-0.1, -0.05) is 0 Å². The lowest BCUT2D eigenvalue weighted by molar-refractivity contribution is -0.0517. The van der Waals surface area contributed by atoms with Crippen molar-refractivity contribution >= 4 is 0 Å². The van der Waals surface area contributed by atoms with Crippen molar-refractivity contribution in [3.8, 4) is 17.4 Å². The first-order chi connectivity index (χ1) is 9.86. The second-order valence-corrected chi connectivity index (χ2v) is 5.86. The highest BCUT2D eigenvalue weighted by Gasteiger charge is 2.56. The van der Waals surface area contributed by atoms with Crippen molar-refractivity contribution < 1.29 is 19.3 Å². The van der Waals surface area contributed by atoms with Crippen LogP contribution in [0.2, 0.25) is 0 Å². The van der Waals surface area contributed by atoms with Crippen LogP contribution in [0.3, 0.4) is 0 Å². The van der Waals surface area contributed by atoms with E-state index in [-0.39, 0.29) is 17.6 Å². The molecular formula is C16H14FNO3. The Labute approximate surface area is 120 Å². The number of benzene rings is 1. The minimum Gasteiger partial charge on any atom is -0.494 e. The van der Waals surface area contributed by atoms with Crippen LogP contribution in [0.5, 0.6) is 11.8 Å². The summed E-state index contributed by atoms with van der Waals surface area (Å²) in [4.78, 5) is 0. The number of halogens is 1. The zero-order valence-electron chi connectivity index (χ0n) is 11.6. The summed E-state index contributed by atoms with van der Waals surface area (Å²) in [5.41, 5.74) is 0.115. The molecule has 5 heteroatoms. The minimum absolute atomic E-state index is 0.0790. The standard InChI is InChI=1S/C16H14FNO3/c1-15-7-8-16(2,21-15)12-11(15)13(19)18(14(12)20)10-5-3-9(17)4-6-10/h3-8,19-20H,1-2H3. The lowest BCUT2D eigenvalue weighted by Gasteiger charge is -2.21. The third-order valence-electron chi connectivity index (χ3n) is 4.34. The number of nitrogens with zero attached hydrogens (tertiary/aromatic N) is 1. The van der Waals surface area contributed by atoms with Crippen molar-refractivity contribution in [1.82, 2.24) is 4.57 Å². The number of hydrogen-bond acceptors (Lipinski definition) is 3. The van der Waals surface area contributed by atoms with Crippen LogP contribution >= 0.6 is 0 Å². The van der Waals surface area contributed by atoms with E-state index in [0.29, 0.717) is 16.8 Å². The van der Waals surface area contributed by atoms with Gasteiger partial charge in [-0.15, -0.1) is 0 Å². The second kappa shape index (κ2) is 3.49. The molecule has 2 bridgehead atoms. The topological polar surface area (TPSA) is 54.6 Å². The first-order valence-corrected chi connectivity index (χ1v) is 6.70. The van der Waals surface area contributed by atoms with Crippen molar-refractivity contribution in [3.63, 3.8) is 0 Å². The van der Waals surface area contributed by atoms with Gasteiger partial charge in [0, 0.05) is 0 Å². The predicted octanol–water partition coefficient (Wildman–Crippen LogP) is 3.06. The molecule has 3 heterocycles. The van der Waals surface area contributed by atoms with Crippen LogP contribution in [-0.2, 0) is 15.9 Å². The van der Waals surface area contributed by atoms with Crippen LogP contribution in [0, 0.1) is 5.82 Å². The number of rotatable bonds is 1. The maximum atomic E-state index is 13.1. The highest BCUT2D eigenvalue weighted by atomic mass is 19.1. The van der Waals surface area contributed by atoms with Crippen LogP contribution in [0.1, 0.15) is 25.0 Å². The summed E-state index contributed by atoms with van der Waals surface area (Å²) in [5, 5.41) is 21.1. The van der Waals surface area contributed by atoms with Gasteiger partial charge in [-0.05, 0) is 50.3 Å². The van der Waals surface area contributed by atoms with Gasteiger partial charge in [0.2, 0.25) is 11.8 Å². The third-order valence-corrected chi connectivity index (χ3v) is 4.34. The van der Waals surface area contributed by atoms with E-state index in [0.717, 1.165) is 0 Å². The maximum absolute atomic E-state index is 13.1. The number of ether oxygens (including phenoxy) is 1. The Morgan fingerprint density at radius 1 is 0.952 bits per heavy atom. The molecule has 108 valence electrons. The summed E-state index contributed by atoms with van der Waals surface area (Å²) in [5.74, 6) is -0.532. The average Bonchev–Trinajstić information content (AvgIpc) is 2.97. The van der Waals surface area contributed by atoms with E-state index in [1.165, 1.54) is 28.8 Å². The van der Waals surface area contributed by atoms with E-state index in [1.54, 1.807) is 0 Å². The molecule has 0 spiro atoms. The summed E-state index contributed by atoms with van der Waals surface area (Å²) in [6.07, 6.45) is 3.76. The zero-order chi connectivity index (χ0) is 15.0. The quantitative estimate of drug-likeness (QED) is 0.793. The van der Waals surface area contributed by atoms with Gasteiger partial charge in [-0.2, -0.15) is 0 Å². The van der Waals surface area contributed by atoms with Crippen LogP contribution in [0.15, 0.2) is 36.4 Å². The first kappa shape index (κ1) is 12.5. The molecular weight excluding hydrogens is 273 g/mol. The summed E-state index contributed by atoms with van der Waals surface area (Å²) >= 11 is 0. The fraction of sp³-hybridized carbons (Fsp3) is 0.250. The lowest BCUT2D eigenvalue weighted by Crippen LogP contribution is -2.19. The first-order valence-electron chi connectivity index (χ1n) is 6.70. The molecule has 0 radical (unpaired) electrons. The summed E-state index contributed by atoms with van der Waals surface area (Å²) < 4.78 is 20.3. The monoisotopic (exact) mass is 287 g/mol. The number of hydrogen-bond donors (Lipinski definition) is 2. The zero-order valence-corrected chi connectivity index (χ0v) is 11.6. The van der Waals surface area contributed by atoms with Gasteiger partial charge in [0.25, 0.3) is 0 Å². The Balaban J connectivity index is 2.00. The van der Waals surface area contributed by atoms with E-state index >= 15 is 0 Å². The number of aromatic hydroxyl groups is 2. The van der Waals surface area contributed by atoms with E-state index in [4.69, 9.17) is 4.74 Å². The van der Waals surface area contributed by atoms with Crippen molar-refractivity contribution in [2.75, 3.05) is 0 Å². The molecule has 2 aliphatic heterocycles. The molecule has 1 aromatic carbocycles. The SMILES string of the molecule is CC12C=CC(C)(O1)c1c2c(O)n(-c2ccc(F)cc2)c1O. The molecule has 4 rings (SSSR count). The molecule has 0 aliphatic carbocycles. The van der Waals surface area contributed by atoms with Crippen molar-refractivity contribution in [1.29, 1.82) is 0 Å². The van der Waals surface area contributed by atoms with Crippen molar-refractivity contribution in [2.24, 2.45) is 0 Å². The van der Waals surface area contributed by atoms with Crippen LogP contribution in [0.4, 0.5) is 4.39 Å². The van der Waals surface area contributed by atoms with Gasteiger partial charge in [0.15, 0.2) is 0 Å². The van der Waals surface area contributed by atoms with Gasteiger partial charge in [-0.3, -0.25) is 4.57 Å². The van der Waals surface area contributed by atoms with Crippen LogP contribution < -0.4 is 0 Å². The number of aromatic nitrogens is 1. The van der Waals surface area contributed by atoms with Gasteiger partial charge >= 0.3 is 0 Å². The molecule has 2 aliphatic rings. The van der Waals surface area contributed by atoms with E-state index < -0.39 is 11.2 Å². The van der Waals surface area contributed by atoms with Crippen molar-refractivity contribution in [2.45, 2.75) is 25.0 Å². The summed E-state index contributed by atoms with van der Waals surface area (Å²) in [6, 6.07) is 5.58. The van der Waals surface area contributed by atoms with E-state index in [1.807, 2.05) is 26.0 Å². The number of fused-ring (bicyclic) bond motifs is 5. The predicted molar refractivity (Wildman–Crippen MR) is 74.0 cm³/mol. The fourth-order valence-electron chi connectivity index (χ4n) is 3.42. The Hall–Kier alpha value is -2.27. The molecule has 2 aromatic rings. The highest BCUT2D eigenvalue weighted by Crippen LogP contribution is 2.60. The third kappa shape index (κ3) is 1.36. The summed E-state index contributed by atoms with van der Waals surface area (Å²) in [7, 11) is 0. The van der Waals surface area contributed by atoms with Crippen molar-refractivity contribution in [3.05, 3.63) is 53.4 Å². The Morgan fingerprint density at radius 2 is 1.43 bits per heavy atom. The molecule has 2 unspecified atom stereocenters. The Bertz CT molecular complexity index is 751. The molecule has 0 saturated heterocycles. The summed E-state index contributed by atoms with van der Waals surface area (Å²) in [6.45, 7) is 3.68. The molecule has 1 aromatic heterocycles. The maximum Gasteiger partial charge on any atom is 0.205 e. The Morgan fingerprint density at radius 3 is 1.90 bits per heavy atom. The largest absolute Gasteiger partial charge is 0.494 e. The molecule has 0 saturated carbocycles. The second-order valence-electron chi connectivity index (χ2n) is 5.86. The molecule has 0 amide bonds. The molecule has 2 N–H and O–H groups in total. The average molecular weight is 287 g/mol. The van der Waals surface area contributed by atoms with Gasteiger partial charge in [0.05, 0.1) is 16.8 Å². The lowest BCUT2D eigenvalue weighted by atomic mass is 9.86. The highest BCUT2D eigenvalue weighted by molar-refractivity contribution is 5.63. The van der Waals surface area contributed by atoms with Crippen LogP contribution in [0.25, 0.3) is 5.69 Å².